The first kappa shape index (κ1) is 18.6. The van der Waals surface area contributed by atoms with Crippen LogP contribution in [0.25, 0.3) is 5.70 Å². The predicted molar refractivity (Wildman–Crippen MR) is 90.6 cm³/mol. The van der Waals surface area contributed by atoms with Crippen LogP contribution in [0.4, 0.5) is 13.2 Å². The zero-order valence-electron chi connectivity index (χ0n) is 13.1. The normalized spacial score (nSPS) is 14.8. The topological polar surface area (TPSA) is 21.7 Å². The van der Waals surface area contributed by atoms with E-state index in [1.807, 2.05) is 0 Å². The van der Waals surface area contributed by atoms with Crippen LogP contribution in [0.3, 0.4) is 0 Å². The molecule has 0 aliphatic carbocycles. The van der Waals surface area contributed by atoms with Gasteiger partial charge >= 0.3 is 0 Å². The summed E-state index contributed by atoms with van der Waals surface area (Å²) >= 11 is 3.25. The third-order valence-electron chi connectivity index (χ3n) is 3.37. The van der Waals surface area contributed by atoms with Crippen LogP contribution in [-0.2, 0) is 4.74 Å². The van der Waals surface area contributed by atoms with E-state index in [1.54, 1.807) is 25.3 Å². The van der Waals surface area contributed by atoms with Crippen molar-refractivity contribution in [2.45, 2.75) is 6.43 Å². The van der Waals surface area contributed by atoms with E-state index >= 15 is 0 Å². The zero-order valence-corrected chi connectivity index (χ0v) is 14.7. The van der Waals surface area contributed by atoms with Crippen LogP contribution in [0.1, 0.15) is 5.56 Å². The molecular weight excluding hydrogens is 387 g/mol. The van der Waals surface area contributed by atoms with Crippen molar-refractivity contribution in [3.63, 3.8) is 0 Å². The van der Waals surface area contributed by atoms with Gasteiger partial charge in [-0.15, -0.1) is 0 Å². The molecule has 0 radical (unpaired) electrons. The Labute approximate surface area is 147 Å². The molecule has 0 saturated heterocycles. The molecule has 0 spiro atoms. The maximum atomic E-state index is 14.5. The lowest BCUT2D eigenvalue weighted by atomic mass is 10.1. The maximum absolute atomic E-state index is 14.5. The van der Waals surface area contributed by atoms with E-state index < -0.39 is 18.8 Å². The monoisotopic (exact) mass is 403 g/mol. The molecule has 0 aromatic heterocycles. The highest BCUT2D eigenvalue weighted by Crippen LogP contribution is 2.35. The standard InChI is InChI=1S/C17H17BrF3NO2/c1-11-14(18)5-6-16(22(11)10-17(20)21)13-4-3-12(9-15(13)19)24-8-7-23-2/h3-6,9,17H,1,7-8,10H2,2H3. The first-order valence-electron chi connectivity index (χ1n) is 7.18. The Morgan fingerprint density at radius 2 is 2.00 bits per heavy atom. The third kappa shape index (κ3) is 4.42. The van der Waals surface area contributed by atoms with Crippen molar-refractivity contribution in [3.05, 3.63) is 58.5 Å². The summed E-state index contributed by atoms with van der Waals surface area (Å²) in [6, 6.07) is 4.32. The Balaban J connectivity index is 2.29. The smallest absolute Gasteiger partial charge is 0.256 e. The number of methoxy groups -OCH3 is 1. The minimum absolute atomic E-state index is 0.201. The van der Waals surface area contributed by atoms with Crippen LogP contribution in [0.15, 0.2) is 47.1 Å². The number of hydrogen-bond donors (Lipinski definition) is 0. The van der Waals surface area contributed by atoms with Crippen LogP contribution >= 0.6 is 15.9 Å². The van der Waals surface area contributed by atoms with Crippen LogP contribution in [0.2, 0.25) is 0 Å². The summed E-state index contributed by atoms with van der Waals surface area (Å²) in [6.07, 6.45) is 0.649. The van der Waals surface area contributed by atoms with Gasteiger partial charge in [-0.2, -0.15) is 0 Å². The molecule has 0 atom stereocenters. The van der Waals surface area contributed by atoms with Gasteiger partial charge in [0.15, 0.2) is 0 Å². The van der Waals surface area contributed by atoms with Gasteiger partial charge in [-0.05, 0) is 40.2 Å². The highest BCUT2D eigenvalue weighted by atomic mass is 79.9. The van der Waals surface area contributed by atoms with Crippen molar-refractivity contribution in [2.75, 3.05) is 26.9 Å². The molecule has 1 aliphatic heterocycles. The second kappa shape index (κ2) is 8.39. The number of alkyl halides is 2. The summed E-state index contributed by atoms with van der Waals surface area (Å²) in [5.41, 5.74) is 0.879. The zero-order chi connectivity index (χ0) is 17.7. The van der Waals surface area contributed by atoms with Crippen molar-refractivity contribution in [1.29, 1.82) is 0 Å². The van der Waals surface area contributed by atoms with Gasteiger partial charge in [0.1, 0.15) is 18.2 Å². The summed E-state index contributed by atoms with van der Waals surface area (Å²) in [7, 11) is 1.54. The molecule has 2 rings (SSSR count). The summed E-state index contributed by atoms with van der Waals surface area (Å²) in [5, 5.41) is 0. The quantitative estimate of drug-likeness (QED) is 0.622. The first-order chi connectivity index (χ1) is 11.4. The maximum Gasteiger partial charge on any atom is 0.256 e. The molecule has 0 N–H and O–H groups in total. The SMILES string of the molecule is C=C1C(Br)=CC=C(c2ccc(OCCOC)cc2F)N1CC(F)F. The summed E-state index contributed by atoms with van der Waals surface area (Å²) in [6.45, 7) is 3.89. The minimum atomic E-state index is -2.58. The summed E-state index contributed by atoms with van der Waals surface area (Å²) in [4.78, 5) is 1.29. The lowest BCUT2D eigenvalue weighted by Crippen LogP contribution is -2.28. The van der Waals surface area contributed by atoms with Gasteiger partial charge in [0.25, 0.3) is 6.43 Å². The molecule has 1 aromatic carbocycles. The number of benzene rings is 1. The molecule has 3 nitrogen and oxygen atoms in total. The van der Waals surface area contributed by atoms with Crippen molar-refractivity contribution >= 4 is 21.6 Å². The second-order valence-electron chi connectivity index (χ2n) is 5.00. The lowest BCUT2D eigenvalue weighted by molar-refractivity contribution is 0.123. The fourth-order valence-electron chi connectivity index (χ4n) is 2.23. The minimum Gasteiger partial charge on any atom is -0.491 e. The van der Waals surface area contributed by atoms with E-state index in [9.17, 15) is 13.2 Å². The van der Waals surface area contributed by atoms with Crippen LogP contribution in [-0.4, -0.2) is 38.2 Å². The Morgan fingerprint density at radius 3 is 2.62 bits per heavy atom. The fraction of sp³-hybridized carbons (Fsp3) is 0.294. The molecule has 1 aromatic rings. The van der Waals surface area contributed by atoms with Gasteiger partial charge in [-0.25, -0.2) is 13.2 Å². The van der Waals surface area contributed by atoms with Crippen molar-refractivity contribution in [1.82, 2.24) is 4.90 Å². The molecule has 1 heterocycles. The lowest BCUT2D eigenvalue weighted by Gasteiger charge is -2.31. The highest BCUT2D eigenvalue weighted by molar-refractivity contribution is 9.12. The van der Waals surface area contributed by atoms with Crippen LogP contribution in [0.5, 0.6) is 5.75 Å². The van der Waals surface area contributed by atoms with Crippen LogP contribution in [0, 0.1) is 5.82 Å². The Kier molecular flexibility index (Phi) is 6.51. The molecule has 0 fully saturated rings. The molecule has 0 amide bonds. The van der Waals surface area contributed by atoms with Gasteiger partial charge in [-0.1, -0.05) is 6.58 Å². The molecular formula is C17H17BrF3NO2. The summed E-state index contributed by atoms with van der Waals surface area (Å²) < 4.78 is 51.0. The van der Waals surface area contributed by atoms with E-state index in [-0.39, 0.29) is 5.56 Å². The van der Waals surface area contributed by atoms with E-state index in [2.05, 4.69) is 22.5 Å². The Hall–Kier alpha value is -1.73. The highest BCUT2D eigenvalue weighted by Gasteiger charge is 2.24. The number of allylic oxidation sites excluding steroid dienone is 3. The Morgan fingerprint density at radius 1 is 1.25 bits per heavy atom. The van der Waals surface area contributed by atoms with Gasteiger partial charge in [0.05, 0.1) is 18.8 Å². The van der Waals surface area contributed by atoms with E-state index in [0.29, 0.717) is 34.8 Å². The van der Waals surface area contributed by atoms with E-state index in [0.717, 1.165) is 0 Å². The number of nitrogens with zero attached hydrogens (tertiary/aromatic N) is 1. The van der Waals surface area contributed by atoms with Crippen molar-refractivity contribution in [2.24, 2.45) is 0 Å². The van der Waals surface area contributed by atoms with Crippen LogP contribution < -0.4 is 4.74 Å². The molecule has 0 saturated carbocycles. The molecule has 0 bridgehead atoms. The molecule has 130 valence electrons. The number of ether oxygens (including phenoxy) is 2. The number of rotatable bonds is 7. The number of hydrogen-bond acceptors (Lipinski definition) is 3. The van der Waals surface area contributed by atoms with E-state index in [1.165, 1.54) is 17.0 Å². The third-order valence-corrected chi connectivity index (χ3v) is 4.10. The summed E-state index contributed by atoms with van der Waals surface area (Å²) in [5.74, 6) is -0.213. The van der Waals surface area contributed by atoms with Gasteiger partial charge in [-0.3, -0.25) is 0 Å². The fourth-order valence-corrected chi connectivity index (χ4v) is 2.58. The van der Waals surface area contributed by atoms with Gasteiger partial charge in [0.2, 0.25) is 0 Å². The molecule has 1 aliphatic rings. The first-order valence-corrected chi connectivity index (χ1v) is 7.97. The van der Waals surface area contributed by atoms with E-state index in [4.69, 9.17) is 9.47 Å². The molecule has 24 heavy (non-hydrogen) atoms. The second-order valence-corrected chi connectivity index (χ2v) is 5.85. The van der Waals surface area contributed by atoms with Crippen molar-refractivity contribution in [3.8, 4) is 5.75 Å². The average Bonchev–Trinajstić information content (AvgIpc) is 2.53. The largest absolute Gasteiger partial charge is 0.491 e. The van der Waals surface area contributed by atoms with Gasteiger partial charge in [0, 0.05) is 28.9 Å². The predicted octanol–water partition coefficient (Wildman–Crippen LogP) is 4.57. The number of halogens is 4. The van der Waals surface area contributed by atoms with Gasteiger partial charge < -0.3 is 14.4 Å². The molecule has 7 heteroatoms. The molecule has 0 unspecified atom stereocenters. The van der Waals surface area contributed by atoms with Crippen molar-refractivity contribution < 1.29 is 22.6 Å². The average molecular weight is 404 g/mol. The Bertz CT molecular complexity index is 674.